The number of hydrogen-bond donors (Lipinski definition) is 2. The quantitative estimate of drug-likeness (QED) is 0.661. The fourth-order valence-electron chi connectivity index (χ4n) is 1.47. The molecule has 20 heavy (non-hydrogen) atoms. The van der Waals surface area contributed by atoms with Gasteiger partial charge in [-0.3, -0.25) is 0 Å². The van der Waals surface area contributed by atoms with Gasteiger partial charge < -0.3 is 9.84 Å². The van der Waals surface area contributed by atoms with E-state index in [1.807, 2.05) is 0 Å². The minimum absolute atomic E-state index is 0.00811. The maximum atomic E-state index is 11.8. The Balaban J connectivity index is 2.47. The van der Waals surface area contributed by atoms with E-state index in [2.05, 4.69) is 9.46 Å². The lowest BCUT2D eigenvalue weighted by Gasteiger charge is -2.08. The van der Waals surface area contributed by atoms with Crippen LogP contribution in [-0.4, -0.2) is 46.3 Å². The second-order valence-corrected chi connectivity index (χ2v) is 5.75. The third-order valence-corrected chi connectivity index (χ3v) is 3.89. The molecule has 0 unspecified atom stereocenters. The van der Waals surface area contributed by atoms with Gasteiger partial charge in [0.2, 0.25) is 10.0 Å². The maximum absolute atomic E-state index is 11.8. The summed E-state index contributed by atoms with van der Waals surface area (Å²) in [6.07, 6.45) is -2.11. The SMILES string of the molecule is O=S(=O)(NCCOCC(F)F)c1ccc(CCO)cc1. The number of halogens is 2. The Hall–Kier alpha value is -1.09. The molecule has 8 heteroatoms. The molecule has 0 spiro atoms. The van der Waals surface area contributed by atoms with Gasteiger partial charge in [-0.15, -0.1) is 0 Å². The minimum Gasteiger partial charge on any atom is -0.396 e. The van der Waals surface area contributed by atoms with Crippen molar-refractivity contribution in [2.75, 3.05) is 26.4 Å². The third-order valence-electron chi connectivity index (χ3n) is 2.42. The van der Waals surface area contributed by atoms with Gasteiger partial charge in [-0.25, -0.2) is 21.9 Å². The molecule has 1 rings (SSSR count). The number of alkyl halides is 2. The fourth-order valence-corrected chi connectivity index (χ4v) is 2.48. The highest BCUT2D eigenvalue weighted by atomic mass is 32.2. The Morgan fingerprint density at radius 3 is 2.45 bits per heavy atom. The van der Waals surface area contributed by atoms with Gasteiger partial charge in [0.05, 0.1) is 11.5 Å². The van der Waals surface area contributed by atoms with E-state index >= 15 is 0 Å². The van der Waals surface area contributed by atoms with Crippen LogP contribution in [0.5, 0.6) is 0 Å². The van der Waals surface area contributed by atoms with Gasteiger partial charge >= 0.3 is 0 Å². The molecule has 0 heterocycles. The summed E-state index contributed by atoms with van der Waals surface area (Å²) in [6.45, 7) is -0.914. The predicted octanol–water partition coefficient (Wildman–Crippen LogP) is 0.781. The monoisotopic (exact) mass is 309 g/mol. The summed E-state index contributed by atoms with van der Waals surface area (Å²) < 4.78 is 54.1. The van der Waals surface area contributed by atoms with Crippen molar-refractivity contribution in [2.45, 2.75) is 17.7 Å². The van der Waals surface area contributed by atoms with Crippen molar-refractivity contribution in [3.63, 3.8) is 0 Å². The van der Waals surface area contributed by atoms with Crippen molar-refractivity contribution in [3.8, 4) is 0 Å². The van der Waals surface area contributed by atoms with E-state index in [0.717, 1.165) is 5.56 Å². The zero-order valence-electron chi connectivity index (χ0n) is 10.8. The lowest BCUT2D eigenvalue weighted by Crippen LogP contribution is -2.28. The van der Waals surface area contributed by atoms with Gasteiger partial charge in [0, 0.05) is 13.2 Å². The number of nitrogens with one attached hydrogen (secondary N) is 1. The van der Waals surface area contributed by atoms with E-state index in [1.54, 1.807) is 12.1 Å². The number of hydrogen-bond acceptors (Lipinski definition) is 4. The van der Waals surface area contributed by atoms with E-state index in [0.29, 0.717) is 6.42 Å². The third kappa shape index (κ3) is 5.91. The lowest BCUT2D eigenvalue weighted by molar-refractivity contribution is 0.0199. The van der Waals surface area contributed by atoms with Crippen molar-refractivity contribution >= 4 is 10.0 Å². The van der Waals surface area contributed by atoms with Crippen molar-refractivity contribution in [3.05, 3.63) is 29.8 Å². The van der Waals surface area contributed by atoms with Gasteiger partial charge in [0.1, 0.15) is 6.61 Å². The van der Waals surface area contributed by atoms with Crippen LogP contribution in [-0.2, 0) is 21.2 Å². The minimum atomic E-state index is -3.67. The zero-order chi connectivity index (χ0) is 15.0. The Morgan fingerprint density at radius 1 is 1.25 bits per heavy atom. The number of ether oxygens (including phenoxy) is 1. The van der Waals surface area contributed by atoms with Crippen LogP contribution in [0.4, 0.5) is 8.78 Å². The molecule has 0 saturated heterocycles. The number of aliphatic hydroxyl groups is 1. The first-order valence-corrected chi connectivity index (χ1v) is 7.49. The van der Waals surface area contributed by atoms with E-state index < -0.39 is 23.1 Å². The molecule has 1 aromatic rings. The molecule has 0 bridgehead atoms. The molecule has 0 aliphatic carbocycles. The van der Waals surface area contributed by atoms with Gasteiger partial charge in [-0.2, -0.15) is 0 Å². The summed E-state index contributed by atoms with van der Waals surface area (Å²) in [6, 6.07) is 6.07. The van der Waals surface area contributed by atoms with E-state index in [1.165, 1.54) is 12.1 Å². The number of rotatable bonds is 9. The van der Waals surface area contributed by atoms with Crippen molar-refractivity contribution in [1.82, 2.24) is 4.72 Å². The van der Waals surface area contributed by atoms with E-state index in [4.69, 9.17) is 5.11 Å². The van der Waals surface area contributed by atoms with E-state index in [9.17, 15) is 17.2 Å². The van der Waals surface area contributed by atoms with Crippen LogP contribution in [0.25, 0.3) is 0 Å². The van der Waals surface area contributed by atoms with Crippen molar-refractivity contribution < 1.29 is 27.0 Å². The molecule has 5 nitrogen and oxygen atoms in total. The molecule has 0 fully saturated rings. The molecule has 0 aromatic heterocycles. The Morgan fingerprint density at radius 2 is 1.90 bits per heavy atom. The van der Waals surface area contributed by atoms with Crippen molar-refractivity contribution in [2.24, 2.45) is 0 Å². The molecule has 0 radical (unpaired) electrons. The second kappa shape index (κ2) is 8.25. The highest BCUT2D eigenvalue weighted by Crippen LogP contribution is 2.10. The van der Waals surface area contributed by atoms with Crippen LogP contribution >= 0.6 is 0 Å². The first-order chi connectivity index (χ1) is 9.45. The summed E-state index contributed by atoms with van der Waals surface area (Å²) in [7, 11) is -3.67. The zero-order valence-corrected chi connectivity index (χ0v) is 11.6. The molecule has 2 N–H and O–H groups in total. The smallest absolute Gasteiger partial charge is 0.261 e. The molecule has 0 atom stereocenters. The molecule has 0 saturated carbocycles. The van der Waals surface area contributed by atoms with Gasteiger partial charge in [-0.1, -0.05) is 12.1 Å². The lowest BCUT2D eigenvalue weighted by atomic mass is 10.2. The standard InChI is InChI=1S/C12H17F2NO4S/c13-12(14)9-19-8-6-15-20(17,18)11-3-1-10(2-4-11)5-7-16/h1-4,12,15-16H,5-9H2. The molecule has 0 aliphatic rings. The maximum Gasteiger partial charge on any atom is 0.261 e. The molecular weight excluding hydrogens is 292 g/mol. The number of sulfonamides is 1. The first kappa shape index (κ1) is 17.0. The summed E-state index contributed by atoms with van der Waals surface area (Å²) >= 11 is 0. The normalized spacial score (nSPS) is 12.0. The Kier molecular flexibility index (Phi) is 7.00. The number of aliphatic hydroxyl groups excluding tert-OH is 1. The Labute approximate surface area is 116 Å². The van der Waals surface area contributed by atoms with Crippen LogP contribution in [0.2, 0.25) is 0 Å². The summed E-state index contributed by atoms with van der Waals surface area (Å²) in [5, 5.41) is 8.76. The molecule has 0 aliphatic heterocycles. The average molecular weight is 309 g/mol. The van der Waals surface area contributed by atoms with E-state index in [-0.39, 0.29) is 24.7 Å². The fraction of sp³-hybridized carbons (Fsp3) is 0.500. The molecule has 1 aromatic carbocycles. The number of benzene rings is 1. The van der Waals surface area contributed by atoms with Crippen LogP contribution in [0, 0.1) is 0 Å². The molecule has 0 amide bonds. The summed E-state index contributed by atoms with van der Waals surface area (Å²) in [5.74, 6) is 0. The molecule has 114 valence electrons. The predicted molar refractivity (Wildman–Crippen MR) is 69.2 cm³/mol. The Bertz CT molecular complexity index is 491. The summed E-state index contributed by atoms with van der Waals surface area (Å²) in [4.78, 5) is 0.0769. The highest BCUT2D eigenvalue weighted by Gasteiger charge is 2.13. The van der Waals surface area contributed by atoms with Crippen LogP contribution in [0.15, 0.2) is 29.2 Å². The van der Waals surface area contributed by atoms with Crippen molar-refractivity contribution in [1.29, 1.82) is 0 Å². The first-order valence-electron chi connectivity index (χ1n) is 6.01. The average Bonchev–Trinajstić information content (AvgIpc) is 2.39. The largest absolute Gasteiger partial charge is 0.396 e. The highest BCUT2D eigenvalue weighted by molar-refractivity contribution is 7.89. The van der Waals surface area contributed by atoms with Gasteiger partial charge in [-0.05, 0) is 24.1 Å². The van der Waals surface area contributed by atoms with Crippen LogP contribution < -0.4 is 4.72 Å². The molecular formula is C12H17F2NO4S. The van der Waals surface area contributed by atoms with Crippen LogP contribution in [0.3, 0.4) is 0 Å². The topological polar surface area (TPSA) is 75.6 Å². The van der Waals surface area contributed by atoms with Crippen LogP contribution in [0.1, 0.15) is 5.56 Å². The van der Waals surface area contributed by atoms with Gasteiger partial charge in [0.15, 0.2) is 0 Å². The van der Waals surface area contributed by atoms with Gasteiger partial charge in [0.25, 0.3) is 6.43 Å². The summed E-state index contributed by atoms with van der Waals surface area (Å²) in [5.41, 5.74) is 0.826. The second-order valence-electron chi connectivity index (χ2n) is 3.98.